The van der Waals surface area contributed by atoms with Crippen LogP contribution in [0.15, 0.2) is 77.7 Å². The van der Waals surface area contributed by atoms with E-state index in [1.165, 1.54) is 11.1 Å². The van der Waals surface area contributed by atoms with Crippen molar-refractivity contribution in [3.63, 3.8) is 0 Å². The van der Waals surface area contributed by atoms with Gasteiger partial charge in [-0.1, -0.05) is 55.0 Å². The van der Waals surface area contributed by atoms with Gasteiger partial charge in [0.1, 0.15) is 0 Å². The standard InChI is InChI=1S/C23H23NO2S/c25-27(26)22-14-6-9-18(16-22)8-2-1-3-10-19-11-4-5-15-23(19)20-12-7-13-21(17-20)24-27/h4-7,9,11-17,24H,1-3,8,10H2. The third-order valence-electron chi connectivity index (χ3n) is 5.06. The first kappa shape index (κ1) is 17.8. The summed E-state index contributed by atoms with van der Waals surface area (Å²) in [6, 6.07) is 23.3. The van der Waals surface area contributed by atoms with Gasteiger partial charge in [0.2, 0.25) is 0 Å². The van der Waals surface area contributed by atoms with Crippen LogP contribution < -0.4 is 4.72 Å². The Morgan fingerprint density at radius 2 is 1.56 bits per heavy atom. The smallest absolute Gasteiger partial charge is 0.261 e. The summed E-state index contributed by atoms with van der Waals surface area (Å²) in [5.41, 5.74) is 5.18. The van der Waals surface area contributed by atoms with E-state index in [1.54, 1.807) is 18.2 Å². The Morgan fingerprint density at radius 1 is 0.741 bits per heavy atom. The molecule has 138 valence electrons. The first-order valence-corrected chi connectivity index (χ1v) is 10.9. The lowest BCUT2D eigenvalue weighted by atomic mass is 9.95. The molecule has 1 aliphatic rings. The predicted octanol–water partition coefficient (Wildman–Crippen LogP) is 5.42. The van der Waals surface area contributed by atoms with E-state index in [-0.39, 0.29) is 0 Å². The van der Waals surface area contributed by atoms with Crippen molar-refractivity contribution in [1.82, 2.24) is 0 Å². The number of hydrogen-bond acceptors (Lipinski definition) is 2. The van der Waals surface area contributed by atoms with Crippen molar-refractivity contribution in [2.24, 2.45) is 0 Å². The maximum Gasteiger partial charge on any atom is 0.261 e. The summed E-state index contributed by atoms with van der Waals surface area (Å²) in [6.45, 7) is 0. The first-order valence-electron chi connectivity index (χ1n) is 9.42. The van der Waals surface area contributed by atoms with Crippen LogP contribution in [0.4, 0.5) is 5.69 Å². The molecular formula is C23H23NO2S. The molecule has 0 atom stereocenters. The van der Waals surface area contributed by atoms with Gasteiger partial charge in [0.25, 0.3) is 10.0 Å². The molecule has 0 amide bonds. The van der Waals surface area contributed by atoms with E-state index >= 15 is 0 Å². The molecule has 1 N–H and O–H groups in total. The van der Waals surface area contributed by atoms with Crippen LogP contribution >= 0.6 is 0 Å². The van der Waals surface area contributed by atoms with Crippen molar-refractivity contribution in [1.29, 1.82) is 0 Å². The van der Waals surface area contributed by atoms with Crippen molar-refractivity contribution < 1.29 is 8.42 Å². The van der Waals surface area contributed by atoms with Crippen LogP contribution in [-0.2, 0) is 22.9 Å². The van der Waals surface area contributed by atoms with Crippen LogP contribution in [0.25, 0.3) is 11.1 Å². The van der Waals surface area contributed by atoms with Gasteiger partial charge in [-0.05, 0) is 72.2 Å². The highest BCUT2D eigenvalue weighted by Gasteiger charge is 2.16. The molecule has 0 unspecified atom stereocenters. The highest BCUT2D eigenvalue weighted by molar-refractivity contribution is 7.92. The molecule has 4 heteroatoms. The van der Waals surface area contributed by atoms with Gasteiger partial charge in [0, 0.05) is 5.69 Å². The van der Waals surface area contributed by atoms with Gasteiger partial charge in [-0.25, -0.2) is 8.42 Å². The molecule has 0 aliphatic carbocycles. The summed E-state index contributed by atoms with van der Waals surface area (Å²) in [7, 11) is -3.60. The molecule has 3 nitrogen and oxygen atoms in total. The molecular weight excluding hydrogens is 354 g/mol. The van der Waals surface area contributed by atoms with Crippen LogP contribution in [0.2, 0.25) is 0 Å². The molecule has 0 saturated carbocycles. The van der Waals surface area contributed by atoms with Gasteiger partial charge in [-0.2, -0.15) is 0 Å². The van der Waals surface area contributed by atoms with Gasteiger partial charge < -0.3 is 0 Å². The van der Waals surface area contributed by atoms with Crippen molar-refractivity contribution >= 4 is 15.7 Å². The van der Waals surface area contributed by atoms with Crippen molar-refractivity contribution in [3.05, 3.63) is 83.9 Å². The van der Waals surface area contributed by atoms with Crippen molar-refractivity contribution in [2.45, 2.75) is 37.0 Å². The number of benzene rings is 3. The highest BCUT2D eigenvalue weighted by Crippen LogP contribution is 2.29. The molecule has 0 fully saturated rings. The molecule has 1 heterocycles. The fourth-order valence-corrected chi connectivity index (χ4v) is 4.79. The normalized spacial score (nSPS) is 16.3. The molecule has 0 saturated heterocycles. The molecule has 0 spiro atoms. The molecule has 0 radical (unpaired) electrons. The number of fused-ring (bicyclic) bond motifs is 6. The average Bonchev–Trinajstić information content (AvgIpc) is 2.68. The zero-order valence-corrected chi connectivity index (χ0v) is 16.0. The number of nitrogens with one attached hydrogen (secondary N) is 1. The van der Waals surface area contributed by atoms with E-state index in [0.29, 0.717) is 10.6 Å². The lowest BCUT2D eigenvalue weighted by Crippen LogP contribution is -2.13. The minimum Gasteiger partial charge on any atom is -0.280 e. The zero-order chi connectivity index (χ0) is 18.7. The third-order valence-corrected chi connectivity index (χ3v) is 6.44. The Kier molecular flexibility index (Phi) is 4.99. The number of anilines is 1. The minimum atomic E-state index is -3.60. The summed E-state index contributed by atoms with van der Waals surface area (Å²) in [4.78, 5) is 0.320. The molecule has 4 bridgehead atoms. The largest absolute Gasteiger partial charge is 0.280 e. The predicted molar refractivity (Wildman–Crippen MR) is 110 cm³/mol. The van der Waals surface area contributed by atoms with E-state index in [1.807, 2.05) is 36.4 Å². The Balaban J connectivity index is 1.79. The monoisotopic (exact) mass is 377 g/mol. The second-order valence-corrected chi connectivity index (χ2v) is 8.73. The van der Waals surface area contributed by atoms with E-state index in [2.05, 4.69) is 22.9 Å². The Bertz CT molecular complexity index is 1060. The summed E-state index contributed by atoms with van der Waals surface area (Å²) in [5, 5.41) is 0. The van der Waals surface area contributed by atoms with Crippen molar-refractivity contribution in [2.75, 3.05) is 4.72 Å². The van der Waals surface area contributed by atoms with E-state index < -0.39 is 10.0 Å². The SMILES string of the molecule is O=S1(=O)Nc2cccc(c2)-c2ccccc2CCCCCc2cccc1c2. The van der Waals surface area contributed by atoms with E-state index in [9.17, 15) is 8.42 Å². The topological polar surface area (TPSA) is 46.2 Å². The Labute approximate surface area is 161 Å². The number of sulfonamides is 1. The lowest BCUT2D eigenvalue weighted by molar-refractivity contribution is 0.601. The molecule has 4 rings (SSSR count). The highest BCUT2D eigenvalue weighted by atomic mass is 32.2. The van der Waals surface area contributed by atoms with Crippen LogP contribution in [0, 0.1) is 0 Å². The Hall–Kier alpha value is -2.59. The number of rotatable bonds is 0. The van der Waals surface area contributed by atoms with Gasteiger partial charge in [-0.15, -0.1) is 0 Å². The molecule has 3 aromatic rings. The maximum atomic E-state index is 12.8. The van der Waals surface area contributed by atoms with E-state index in [0.717, 1.165) is 43.2 Å². The Morgan fingerprint density at radius 3 is 2.48 bits per heavy atom. The summed E-state index contributed by atoms with van der Waals surface area (Å²) < 4.78 is 28.4. The quantitative estimate of drug-likeness (QED) is 0.568. The van der Waals surface area contributed by atoms with Crippen LogP contribution in [-0.4, -0.2) is 8.42 Å². The van der Waals surface area contributed by atoms with Gasteiger partial charge in [-0.3, -0.25) is 4.72 Å². The summed E-state index contributed by atoms with van der Waals surface area (Å²) in [5.74, 6) is 0. The number of hydrogen-bond donors (Lipinski definition) is 1. The zero-order valence-electron chi connectivity index (χ0n) is 15.2. The fourth-order valence-electron chi connectivity index (χ4n) is 3.67. The lowest BCUT2D eigenvalue weighted by Gasteiger charge is -2.12. The third kappa shape index (κ3) is 4.06. The molecule has 27 heavy (non-hydrogen) atoms. The second kappa shape index (κ2) is 7.57. The summed E-state index contributed by atoms with van der Waals surface area (Å²) >= 11 is 0. The van der Waals surface area contributed by atoms with Gasteiger partial charge >= 0.3 is 0 Å². The molecule has 0 aromatic heterocycles. The first-order chi connectivity index (χ1) is 13.1. The van der Waals surface area contributed by atoms with Crippen LogP contribution in [0.3, 0.4) is 0 Å². The second-order valence-electron chi connectivity index (χ2n) is 7.05. The number of aryl methyl sites for hydroxylation is 2. The average molecular weight is 378 g/mol. The van der Waals surface area contributed by atoms with Crippen LogP contribution in [0.5, 0.6) is 0 Å². The fraction of sp³-hybridized carbons (Fsp3) is 0.217. The van der Waals surface area contributed by atoms with Crippen LogP contribution in [0.1, 0.15) is 30.4 Å². The van der Waals surface area contributed by atoms with Gasteiger partial charge in [0.15, 0.2) is 0 Å². The minimum absolute atomic E-state index is 0.320. The maximum absolute atomic E-state index is 12.8. The van der Waals surface area contributed by atoms with Gasteiger partial charge in [0.05, 0.1) is 4.90 Å². The molecule has 3 aromatic carbocycles. The van der Waals surface area contributed by atoms with E-state index in [4.69, 9.17) is 0 Å². The summed E-state index contributed by atoms with van der Waals surface area (Å²) in [6.07, 6.45) is 5.26. The van der Waals surface area contributed by atoms with Crippen molar-refractivity contribution in [3.8, 4) is 11.1 Å². The molecule has 1 aliphatic heterocycles.